The maximum atomic E-state index is 12.1. The molecule has 1 aromatic rings. The molecule has 0 bridgehead atoms. The van der Waals surface area contributed by atoms with Crippen molar-refractivity contribution in [2.24, 2.45) is 5.92 Å². The maximum absolute atomic E-state index is 12.1. The van der Waals surface area contributed by atoms with E-state index in [0.29, 0.717) is 18.5 Å². The van der Waals surface area contributed by atoms with Gasteiger partial charge in [0.15, 0.2) is 0 Å². The van der Waals surface area contributed by atoms with Crippen molar-refractivity contribution in [3.63, 3.8) is 0 Å². The summed E-state index contributed by atoms with van der Waals surface area (Å²) in [5.41, 5.74) is 1.09. The summed E-state index contributed by atoms with van der Waals surface area (Å²) >= 11 is 0. The minimum atomic E-state index is -0.0614. The number of amides is 2. The van der Waals surface area contributed by atoms with Gasteiger partial charge in [0.05, 0.1) is 0 Å². The van der Waals surface area contributed by atoms with Gasteiger partial charge in [-0.2, -0.15) is 0 Å². The Labute approximate surface area is 151 Å². The topological polar surface area (TPSA) is 60.5 Å². The number of rotatable bonds is 5. The Morgan fingerprint density at radius 2 is 2.08 bits per heavy atom. The highest BCUT2D eigenvalue weighted by Crippen LogP contribution is 2.24. The Morgan fingerprint density at radius 1 is 1.28 bits per heavy atom. The maximum Gasteiger partial charge on any atom is 0.315 e. The highest BCUT2D eigenvalue weighted by atomic mass is 16.2. The summed E-state index contributed by atoms with van der Waals surface area (Å²) < 4.78 is 0. The number of hydrogen-bond acceptors (Lipinski definition) is 4. The van der Waals surface area contributed by atoms with Gasteiger partial charge in [0, 0.05) is 45.0 Å². The van der Waals surface area contributed by atoms with E-state index in [2.05, 4.69) is 45.3 Å². The predicted molar refractivity (Wildman–Crippen MR) is 101 cm³/mol. The lowest BCUT2D eigenvalue weighted by molar-refractivity contribution is 0.234. The number of piperazine rings is 1. The largest absolute Gasteiger partial charge is 0.354 e. The number of aromatic nitrogens is 1. The van der Waals surface area contributed by atoms with Crippen molar-refractivity contribution in [1.29, 1.82) is 0 Å². The molecule has 2 heterocycles. The van der Waals surface area contributed by atoms with Crippen molar-refractivity contribution >= 4 is 11.8 Å². The molecule has 1 aliphatic carbocycles. The molecular formula is C19H31N5O. The molecule has 2 N–H and O–H groups in total. The summed E-state index contributed by atoms with van der Waals surface area (Å²) in [6.07, 6.45) is 5.36. The van der Waals surface area contributed by atoms with Crippen LogP contribution in [0.4, 0.5) is 10.6 Å². The van der Waals surface area contributed by atoms with E-state index in [1.54, 1.807) is 0 Å². The van der Waals surface area contributed by atoms with Crippen molar-refractivity contribution in [2.45, 2.75) is 45.7 Å². The predicted octanol–water partition coefficient (Wildman–Crippen LogP) is 2.21. The second-order valence-electron chi connectivity index (χ2n) is 7.29. The molecule has 1 saturated carbocycles. The lowest BCUT2D eigenvalue weighted by atomic mass is 10.1. The van der Waals surface area contributed by atoms with Crippen molar-refractivity contribution in [3.05, 3.63) is 23.9 Å². The van der Waals surface area contributed by atoms with Gasteiger partial charge in [-0.15, -0.1) is 0 Å². The molecule has 0 spiro atoms. The molecule has 1 saturated heterocycles. The third-order valence-corrected chi connectivity index (χ3v) is 5.58. The zero-order valence-electron chi connectivity index (χ0n) is 15.5. The van der Waals surface area contributed by atoms with Crippen LogP contribution in [0.3, 0.4) is 0 Å². The first-order valence-corrected chi connectivity index (χ1v) is 9.62. The number of urea groups is 1. The van der Waals surface area contributed by atoms with Crippen LogP contribution >= 0.6 is 0 Å². The van der Waals surface area contributed by atoms with Gasteiger partial charge in [0.2, 0.25) is 0 Å². The smallest absolute Gasteiger partial charge is 0.315 e. The fourth-order valence-electron chi connectivity index (χ4n) is 3.80. The highest BCUT2D eigenvalue weighted by Gasteiger charge is 2.24. The summed E-state index contributed by atoms with van der Waals surface area (Å²) in [6.45, 7) is 10.3. The van der Waals surface area contributed by atoms with Crippen molar-refractivity contribution in [3.8, 4) is 0 Å². The fraction of sp³-hybridized carbons (Fsp3) is 0.684. The zero-order valence-corrected chi connectivity index (χ0v) is 15.5. The van der Waals surface area contributed by atoms with E-state index >= 15 is 0 Å². The van der Waals surface area contributed by atoms with Gasteiger partial charge in [-0.05, 0) is 43.0 Å². The molecule has 1 aromatic heterocycles. The molecule has 2 amide bonds. The van der Waals surface area contributed by atoms with Gasteiger partial charge < -0.3 is 20.4 Å². The summed E-state index contributed by atoms with van der Waals surface area (Å²) in [4.78, 5) is 21.4. The highest BCUT2D eigenvalue weighted by molar-refractivity contribution is 5.74. The number of nitrogens with one attached hydrogen (secondary N) is 2. The van der Waals surface area contributed by atoms with E-state index in [1.165, 1.54) is 12.8 Å². The first kappa shape index (κ1) is 18.0. The first-order valence-electron chi connectivity index (χ1n) is 9.62. The fourth-order valence-corrected chi connectivity index (χ4v) is 3.80. The minimum Gasteiger partial charge on any atom is -0.354 e. The Balaban J connectivity index is 1.49. The van der Waals surface area contributed by atoms with Crippen molar-refractivity contribution < 1.29 is 4.79 Å². The molecule has 2 aliphatic rings. The number of hydrogen-bond donors (Lipinski definition) is 2. The molecule has 0 radical (unpaired) electrons. The third-order valence-electron chi connectivity index (χ3n) is 5.58. The number of carbonyl (C=O) groups excluding carboxylic acids is 1. The van der Waals surface area contributed by atoms with Crippen LogP contribution in [0.2, 0.25) is 0 Å². The Bertz CT molecular complexity index is 571. The molecule has 0 unspecified atom stereocenters. The van der Waals surface area contributed by atoms with Gasteiger partial charge in [0.25, 0.3) is 0 Å². The van der Waals surface area contributed by atoms with Crippen molar-refractivity contribution in [2.75, 3.05) is 37.6 Å². The van der Waals surface area contributed by atoms with E-state index < -0.39 is 0 Å². The van der Waals surface area contributed by atoms with Crippen LogP contribution < -0.4 is 15.5 Å². The van der Waals surface area contributed by atoms with Gasteiger partial charge in [-0.25, -0.2) is 9.78 Å². The average Bonchev–Trinajstić information content (AvgIpc) is 3.05. The molecule has 2 fully saturated rings. The lowest BCUT2D eigenvalue weighted by Gasteiger charge is -2.34. The molecule has 6 heteroatoms. The molecular weight excluding hydrogens is 314 g/mol. The number of nitrogens with zero attached hydrogens (tertiary/aromatic N) is 3. The average molecular weight is 345 g/mol. The number of carbonyl (C=O) groups is 1. The third kappa shape index (κ3) is 4.84. The molecule has 3 rings (SSSR count). The van der Waals surface area contributed by atoms with Crippen LogP contribution in [-0.4, -0.2) is 54.7 Å². The second kappa shape index (κ2) is 8.52. The van der Waals surface area contributed by atoms with E-state index in [9.17, 15) is 4.79 Å². The first-order chi connectivity index (χ1) is 12.2. The Kier molecular flexibility index (Phi) is 6.13. The zero-order chi connectivity index (χ0) is 17.6. The van der Waals surface area contributed by atoms with Crippen LogP contribution in [0.25, 0.3) is 0 Å². The summed E-state index contributed by atoms with van der Waals surface area (Å²) in [7, 11) is 0. The number of likely N-dealkylation sites (N-methyl/N-ethyl adjacent to an activating group) is 1. The summed E-state index contributed by atoms with van der Waals surface area (Å²) in [5, 5.41) is 6.09. The molecule has 2 atom stereocenters. The van der Waals surface area contributed by atoms with Gasteiger partial charge >= 0.3 is 6.03 Å². The van der Waals surface area contributed by atoms with E-state index in [-0.39, 0.29) is 6.03 Å². The van der Waals surface area contributed by atoms with Gasteiger partial charge in [-0.3, -0.25) is 0 Å². The van der Waals surface area contributed by atoms with Gasteiger partial charge in [-0.1, -0.05) is 20.3 Å². The van der Waals surface area contributed by atoms with Crippen LogP contribution in [0.15, 0.2) is 18.3 Å². The number of pyridine rings is 1. The summed E-state index contributed by atoms with van der Waals surface area (Å²) in [6, 6.07) is 4.33. The molecule has 25 heavy (non-hydrogen) atoms. The molecule has 0 aromatic carbocycles. The lowest BCUT2D eigenvalue weighted by Crippen LogP contribution is -2.46. The van der Waals surface area contributed by atoms with Crippen molar-refractivity contribution in [1.82, 2.24) is 20.5 Å². The Morgan fingerprint density at radius 3 is 2.76 bits per heavy atom. The van der Waals surface area contributed by atoms with Crippen LogP contribution in [0.5, 0.6) is 0 Å². The van der Waals surface area contributed by atoms with E-state index in [0.717, 1.165) is 50.5 Å². The normalized spacial score (nSPS) is 24.3. The number of anilines is 1. The standard InChI is InChI=1S/C19H31N5O/c1-3-23-9-11-24(12-10-23)18-13-16(7-8-20-18)14-21-19(25)22-17-6-4-5-15(17)2/h7-8,13,15,17H,3-6,9-12,14H2,1-2H3,(H2,21,22,25)/t15-,17+/m0/s1. The second-order valence-corrected chi connectivity index (χ2v) is 7.29. The monoisotopic (exact) mass is 345 g/mol. The molecule has 1 aliphatic heterocycles. The molecule has 138 valence electrons. The quantitative estimate of drug-likeness (QED) is 0.859. The van der Waals surface area contributed by atoms with E-state index in [1.807, 2.05) is 12.3 Å². The van der Waals surface area contributed by atoms with Crippen LogP contribution in [0.1, 0.15) is 38.7 Å². The van der Waals surface area contributed by atoms with E-state index in [4.69, 9.17) is 0 Å². The SMILES string of the molecule is CCN1CCN(c2cc(CNC(=O)N[C@@H]3CCC[C@@H]3C)ccn2)CC1. The van der Waals surface area contributed by atoms with Gasteiger partial charge in [0.1, 0.15) is 5.82 Å². The summed E-state index contributed by atoms with van der Waals surface area (Å²) in [5.74, 6) is 1.60. The Hall–Kier alpha value is -1.82. The van der Waals surface area contributed by atoms with Crippen LogP contribution in [0, 0.1) is 5.92 Å². The minimum absolute atomic E-state index is 0.0614. The molecule has 6 nitrogen and oxygen atoms in total. The van der Waals surface area contributed by atoms with Crippen LogP contribution in [-0.2, 0) is 6.54 Å².